The van der Waals surface area contributed by atoms with Crippen LogP contribution in [0.4, 0.5) is 11.4 Å². The smallest absolute Gasteiger partial charge is 0.119 e. The Balaban J connectivity index is 0.000000292. The number of hydrogen-bond donors (Lipinski definition) is 3. The first kappa shape index (κ1) is 28.6. The summed E-state index contributed by atoms with van der Waals surface area (Å²) in [6.45, 7) is 12.1. The minimum Gasteiger partial charge on any atom is -0.508 e. The topological polar surface area (TPSA) is 81.5 Å². The SMILES string of the molecule is COC1CCC2(C)C(=CCC3C2CCC24CC(CCC=C(C)C)C2CCC34)C1(C)C.Nc1cc(N)cc(O)c1. The molecule has 5 aliphatic carbocycles. The summed E-state index contributed by atoms with van der Waals surface area (Å²) in [6, 6.07) is 4.46. The van der Waals surface area contributed by atoms with Crippen LogP contribution in [0.2, 0.25) is 0 Å². The van der Waals surface area contributed by atoms with E-state index in [2.05, 4.69) is 46.8 Å². The zero-order chi connectivity index (χ0) is 28.2. The van der Waals surface area contributed by atoms with Gasteiger partial charge in [-0.2, -0.15) is 0 Å². The summed E-state index contributed by atoms with van der Waals surface area (Å²) in [5.74, 6) is 5.11. The van der Waals surface area contributed by atoms with Crippen LogP contribution < -0.4 is 11.5 Å². The van der Waals surface area contributed by atoms with Crippen molar-refractivity contribution < 1.29 is 9.84 Å². The molecule has 0 aliphatic heterocycles. The Kier molecular flexibility index (Phi) is 7.67. The fraction of sp³-hybridized carbons (Fsp3) is 0.714. The largest absolute Gasteiger partial charge is 0.508 e. The number of rotatable bonds is 4. The van der Waals surface area contributed by atoms with Crippen molar-refractivity contribution >= 4 is 11.4 Å². The molecule has 5 aliphatic rings. The molecule has 0 amide bonds. The summed E-state index contributed by atoms with van der Waals surface area (Å²) in [6.07, 6.45) is 20.0. The summed E-state index contributed by atoms with van der Waals surface area (Å²) in [5, 5.41) is 8.83. The van der Waals surface area contributed by atoms with Crippen molar-refractivity contribution in [3.05, 3.63) is 41.5 Å². The minimum atomic E-state index is 0.104. The van der Waals surface area contributed by atoms with E-state index in [-0.39, 0.29) is 11.2 Å². The Bertz CT molecular complexity index is 1070. The second-order valence-electron chi connectivity index (χ2n) is 14.8. The second-order valence-corrected chi connectivity index (χ2v) is 14.8. The maximum absolute atomic E-state index is 8.83. The van der Waals surface area contributed by atoms with Crippen LogP contribution in [0.25, 0.3) is 0 Å². The predicted molar refractivity (Wildman–Crippen MR) is 163 cm³/mol. The van der Waals surface area contributed by atoms with E-state index < -0.39 is 0 Å². The van der Waals surface area contributed by atoms with Gasteiger partial charge in [-0.3, -0.25) is 0 Å². The van der Waals surface area contributed by atoms with Gasteiger partial charge in [0.05, 0.1) is 6.10 Å². The van der Waals surface area contributed by atoms with Gasteiger partial charge in [0.2, 0.25) is 0 Å². The third-order valence-corrected chi connectivity index (χ3v) is 12.2. The average Bonchev–Trinajstić information content (AvgIpc) is 3.13. The van der Waals surface area contributed by atoms with Crippen LogP contribution in [-0.2, 0) is 4.74 Å². The quantitative estimate of drug-likeness (QED) is 0.267. The van der Waals surface area contributed by atoms with Crippen molar-refractivity contribution in [1.82, 2.24) is 0 Å². The van der Waals surface area contributed by atoms with Crippen molar-refractivity contribution in [2.75, 3.05) is 18.6 Å². The molecule has 0 radical (unpaired) electrons. The summed E-state index contributed by atoms with van der Waals surface area (Å²) < 4.78 is 5.96. The number of aromatic hydroxyl groups is 1. The zero-order valence-corrected chi connectivity index (χ0v) is 25.4. The number of methoxy groups -OCH3 is 1. The number of phenols is 1. The van der Waals surface area contributed by atoms with Gasteiger partial charge in [0.15, 0.2) is 0 Å². The van der Waals surface area contributed by atoms with Crippen LogP contribution in [0.5, 0.6) is 5.75 Å². The fourth-order valence-corrected chi connectivity index (χ4v) is 10.8. The van der Waals surface area contributed by atoms with Gasteiger partial charge >= 0.3 is 0 Å². The van der Waals surface area contributed by atoms with Crippen LogP contribution >= 0.6 is 0 Å². The molecule has 216 valence electrons. The van der Waals surface area contributed by atoms with Gasteiger partial charge in [0, 0.05) is 36.0 Å². The van der Waals surface area contributed by atoms with Gasteiger partial charge in [-0.1, -0.05) is 44.1 Å². The summed E-state index contributed by atoms with van der Waals surface area (Å²) in [7, 11) is 1.93. The molecule has 8 atom stereocenters. The number of benzene rings is 1. The number of allylic oxidation sites excluding steroid dienone is 3. The van der Waals surface area contributed by atoms with E-state index in [0.717, 1.165) is 35.0 Å². The number of nitrogen functional groups attached to an aromatic ring is 2. The second kappa shape index (κ2) is 10.5. The molecule has 6 rings (SSSR count). The maximum atomic E-state index is 8.83. The molecule has 0 heterocycles. The molecule has 0 aromatic heterocycles. The van der Waals surface area contributed by atoms with Crippen molar-refractivity contribution in [3.8, 4) is 5.75 Å². The van der Waals surface area contributed by atoms with Gasteiger partial charge in [-0.15, -0.1) is 0 Å². The minimum absolute atomic E-state index is 0.104. The van der Waals surface area contributed by atoms with Gasteiger partial charge in [0.25, 0.3) is 0 Å². The highest BCUT2D eigenvalue weighted by Gasteiger charge is 2.66. The number of ether oxygens (including phenoxy) is 1. The molecule has 1 aromatic carbocycles. The zero-order valence-electron chi connectivity index (χ0n) is 25.4. The molecule has 8 unspecified atom stereocenters. The van der Waals surface area contributed by atoms with Crippen molar-refractivity contribution in [2.45, 2.75) is 105 Å². The summed E-state index contributed by atoms with van der Waals surface area (Å²) in [4.78, 5) is 0. The van der Waals surface area contributed by atoms with Gasteiger partial charge in [-0.25, -0.2) is 0 Å². The fourth-order valence-electron chi connectivity index (χ4n) is 10.8. The van der Waals surface area contributed by atoms with Crippen LogP contribution in [-0.4, -0.2) is 18.3 Å². The van der Waals surface area contributed by atoms with Crippen molar-refractivity contribution in [3.63, 3.8) is 0 Å². The first-order valence-corrected chi connectivity index (χ1v) is 15.6. The van der Waals surface area contributed by atoms with E-state index in [1.165, 1.54) is 69.1 Å². The summed E-state index contributed by atoms with van der Waals surface area (Å²) in [5.41, 5.74) is 16.2. The molecule has 4 nitrogen and oxygen atoms in total. The van der Waals surface area contributed by atoms with Crippen molar-refractivity contribution in [1.29, 1.82) is 0 Å². The number of nitrogens with two attached hydrogens (primary N) is 2. The molecule has 0 bridgehead atoms. The predicted octanol–water partition coefficient (Wildman–Crippen LogP) is 8.52. The number of fused-ring (bicyclic) bond motifs is 4. The van der Waals surface area contributed by atoms with Crippen LogP contribution in [0.1, 0.15) is 98.8 Å². The van der Waals surface area contributed by atoms with Gasteiger partial charge in [0.1, 0.15) is 5.75 Å². The van der Waals surface area contributed by atoms with E-state index >= 15 is 0 Å². The number of phenolic OH excluding ortho intramolecular Hbond substituents is 1. The molecule has 5 N–H and O–H groups in total. The molecule has 4 heteroatoms. The molecule has 1 aromatic rings. The van der Waals surface area contributed by atoms with E-state index in [0.29, 0.717) is 22.9 Å². The first-order chi connectivity index (χ1) is 18.4. The molecule has 4 fully saturated rings. The van der Waals surface area contributed by atoms with Gasteiger partial charge in [-0.05, 0) is 125 Å². The van der Waals surface area contributed by atoms with Crippen LogP contribution in [0.3, 0.4) is 0 Å². The first-order valence-electron chi connectivity index (χ1n) is 15.6. The Morgan fingerprint density at radius 2 is 1.67 bits per heavy atom. The highest BCUT2D eigenvalue weighted by atomic mass is 16.5. The molecular formula is C35H54N2O2. The maximum Gasteiger partial charge on any atom is 0.119 e. The summed E-state index contributed by atoms with van der Waals surface area (Å²) >= 11 is 0. The van der Waals surface area contributed by atoms with E-state index in [1.807, 2.05) is 7.11 Å². The Morgan fingerprint density at radius 3 is 2.31 bits per heavy atom. The average molecular weight is 535 g/mol. The van der Waals surface area contributed by atoms with Crippen molar-refractivity contribution in [2.24, 2.45) is 45.8 Å². The monoisotopic (exact) mass is 534 g/mol. The third kappa shape index (κ3) is 4.83. The number of anilines is 2. The van der Waals surface area contributed by atoms with Gasteiger partial charge < -0.3 is 21.3 Å². The Morgan fingerprint density at radius 1 is 0.974 bits per heavy atom. The lowest BCUT2D eigenvalue weighted by atomic mass is 9.40. The van der Waals surface area contributed by atoms with E-state index in [4.69, 9.17) is 21.3 Å². The lowest BCUT2D eigenvalue weighted by Crippen LogP contribution is -2.58. The Hall–Kier alpha value is -1.94. The molecule has 0 saturated heterocycles. The molecule has 39 heavy (non-hydrogen) atoms. The normalized spacial score (nSPS) is 39.4. The lowest BCUT2D eigenvalue weighted by Gasteiger charge is -2.65. The molecule has 1 spiro atoms. The highest BCUT2D eigenvalue weighted by Crippen LogP contribution is 2.74. The van der Waals surface area contributed by atoms with E-state index in [1.54, 1.807) is 24.5 Å². The van der Waals surface area contributed by atoms with E-state index in [9.17, 15) is 0 Å². The van der Waals surface area contributed by atoms with Crippen LogP contribution in [0, 0.1) is 45.8 Å². The lowest BCUT2D eigenvalue weighted by molar-refractivity contribution is -0.138. The Labute approximate surface area is 237 Å². The number of hydrogen-bond acceptors (Lipinski definition) is 4. The van der Waals surface area contributed by atoms with Crippen LogP contribution in [0.15, 0.2) is 41.5 Å². The highest BCUT2D eigenvalue weighted by molar-refractivity contribution is 5.56. The molecule has 4 saturated carbocycles. The molecular weight excluding hydrogens is 480 g/mol. The third-order valence-electron chi connectivity index (χ3n) is 12.2. The standard InChI is InChI=1S/C29H46O.C6H8N2O/c1-19(2)8-7-9-20-18-29-17-14-23-21(24(29)12-11-22(20)29)10-13-25-27(3,4)26(30-6)15-16-28(23,25)5;7-4-1-5(8)3-6(9)2-4/h8,13,20-24,26H,7,9-12,14-18H2,1-6H3;1-3,9H,7-8H2.